The van der Waals surface area contributed by atoms with Crippen LogP contribution in [-0.4, -0.2) is 28.2 Å². The summed E-state index contributed by atoms with van der Waals surface area (Å²) in [7, 11) is 1.78. The van der Waals surface area contributed by atoms with Crippen LogP contribution in [-0.2, 0) is 4.74 Å². The van der Waals surface area contributed by atoms with Crippen molar-refractivity contribution in [1.29, 1.82) is 0 Å². The first-order chi connectivity index (χ1) is 9.67. The molecular weight excluding hydrogens is 254 g/mol. The summed E-state index contributed by atoms with van der Waals surface area (Å²) in [6.45, 7) is 4.49. The Morgan fingerprint density at radius 2 is 2.25 bits per heavy atom. The summed E-state index contributed by atoms with van der Waals surface area (Å²) < 4.78 is 5.74. The number of fused-ring (bicyclic) bond motifs is 1. The van der Waals surface area contributed by atoms with Crippen LogP contribution < -0.4 is 5.56 Å². The van der Waals surface area contributed by atoms with E-state index >= 15 is 0 Å². The third-order valence-corrected chi connectivity index (χ3v) is 4.91. The van der Waals surface area contributed by atoms with E-state index in [-0.39, 0.29) is 11.7 Å². The first-order valence-corrected chi connectivity index (χ1v) is 7.24. The van der Waals surface area contributed by atoms with Gasteiger partial charge in [-0.15, -0.1) is 0 Å². The van der Waals surface area contributed by atoms with Gasteiger partial charge in [0.05, 0.1) is 17.9 Å². The Morgan fingerprint density at radius 3 is 2.95 bits per heavy atom. The first-order valence-electron chi connectivity index (χ1n) is 7.24. The average molecular weight is 275 g/mol. The standard InChI is InChI=1S/C15H21N3O2/c1-4-9-5-10(14(20-3)8(9)2)11-6-16-13-12(11)17-7-18-15(13)19/h6-10,14,16H,4-5H2,1-3H3,(H,17,18,19)/t8-,9+,10+,14-/m1/s1. The van der Waals surface area contributed by atoms with Crippen LogP contribution in [0.2, 0.25) is 0 Å². The highest BCUT2D eigenvalue weighted by Crippen LogP contribution is 2.46. The molecule has 1 saturated carbocycles. The molecule has 3 rings (SSSR count). The maximum Gasteiger partial charge on any atom is 0.275 e. The first kappa shape index (κ1) is 13.4. The molecule has 0 bridgehead atoms. The number of nitrogens with zero attached hydrogens (tertiary/aromatic N) is 1. The minimum absolute atomic E-state index is 0.117. The highest BCUT2D eigenvalue weighted by Gasteiger charge is 2.41. The van der Waals surface area contributed by atoms with Crippen molar-refractivity contribution >= 4 is 11.0 Å². The molecule has 2 N–H and O–H groups in total. The van der Waals surface area contributed by atoms with Gasteiger partial charge in [0, 0.05) is 24.8 Å². The van der Waals surface area contributed by atoms with Gasteiger partial charge in [-0.1, -0.05) is 20.3 Å². The molecule has 20 heavy (non-hydrogen) atoms. The molecule has 0 aliphatic heterocycles. The van der Waals surface area contributed by atoms with Gasteiger partial charge in [0.25, 0.3) is 5.56 Å². The summed E-state index contributed by atoms with van der Waals surface area (Å²) in [6.07, 6.45) is 5.85. The van der Waals surface area contributed by atoms with E-state index in [4.69, 9.17) is 4.74 Å². The van der Waals surface area contributed by atoms with Gasteiger partial charge in [0.15, 0.2) is 0 Å². The molecule has 1 aliphatic carbocycles. The summed E-state index contributed by atoms with van der Waals surface area (Å²) >= 11 is 0. The van der Waals surface area contributed by atoms with Crippen molar-refractivity contribution in [3.05, 3.63) is 28.4 Å². The van der Waals surface area contributed by atoms with E-state index in [9.17, 15) is 4.79 Å². The number of hydrogen-bond acceptors (Lipinski definition) is 3. The summed E-state index contributed by atoms with van der Waals surface area (Å²) in [5.74, 6) is 1.50. The van der Waals surface area contributed by atoms with Gasteiger partial charge in [0.1, 0.15) is 5.52 Å². The van der Waals surface area contributed by atoms with Gasteiger partial charge in [-0.25, -0.2) is 4.98 Å². The minimum Gasteiger partial charge on any atom is -0.381 e. The van der Waals surface area contributed by atoms with Crippen LogP contribution in [0.1, 0.15) is 38.2 Å². The number of ether oxygens (including phenoxy) is 1. The van der Waals surface area contributed by atoms with Crippen molar-refractivity contribution in [3.8, 4) is 0 Å². The second-order valence-electron chi connectivity index (χ2n) is 5.77. The monoisotopic (exact) mass is 275 g/mol. The molecule has 0 saturated heterocycles. The molecule has 0 unspecified atom stereocenters. The Labute approximate surface area is 117 Å². The van der Waals surface area contributed by atoms with Crippen LogP contribution in [0.5, 0.6) is 0 Å². The van der Waals surface area contributed by atoms with Crippen LogP contribution in [0.4, 0.5) is 0 Å². The number of methoxy groups -OCH3 is 1. The van der Waals surface area contributed by atoms with Crippen molar-refractivity contribution in [1.82, 2.24) is 15.0 Å². The average Bonchev–Trinajstić information content (AvgIpc) is 3.00. The number of rotatable bonds is 3. The lowest BCUT2D eigenvalue weighted by atomic mass is 9.94. The normalized spacial score (nSPS) is 30.1. The van der Waals surface area contributed by atoms with E-state index in [0.29, 0.717) is 23.3 Å². The molecule has 2 aromatic heterocycles. The van der Waals surface area contributed by atoms with E-state index in [1.165, 1.54) is 6.33 Å². The number of hydrogen-bond donors (Lipinski definition) is 2. The largest absolute Gasteiger partial charge is 0.381 e. The fourth-order valence-corrected chi connectivity index (χ4v) is 3.78. The topological polar surface area (TPSA) is 70.8 Å². The van der Waals surface area contributed by atoms with Gasteiger partial charge < -0.3 is 14.7 Å². The molecule has 2 aromatic rings. The van der Waals surface area contributed by atoms with Crippen LogP contribution >= 0.6 is 0 Å². The predicted octanol–water partition coefficient (Wildman–Crippen LogP) is 2.42. The van der Waals surface area contributed by atoms with Crippen molar-refractivity contribution in [2.24, 2.45) is 11.8 Å². The molecule has 0 spiro atoms. The maximum atomic E-state index is 11.8. The van der Waals surface area contributed by atoms with Crippen molar-refractivity contribution in [3.63, 3.8) is 0 Å². The number of H-pyrrole nitrogens is 2. The second-order valence-corrected chi connectivity index (χ2v) is 5.77. The van der Waals surface area contributed by atoms with E-state index < -0.39 is 0 Å². The Hall–Kier alpha value is -1.62. The SMILES string of the molecule is CC[C@H]1C[C@@H](c2c[nH]c3c(=O)[nH]cnc23)[C@H](OC)[C@@H]1C. The predicted molar refractivity (Wildman–Crippen MR) is 77.8 cm³/mol. The molecule has 0 aromatic carbocycles. The van der Waals surface area contributed by atoms with Gasteiger partial charge in [-0.2, -0.15) is 0 Å². The van der Waals surface area contributed by atoms with E-state index in [0.717, 1.165) is 23.9 Å². The summed E-state index contributed by atoms with van der Waals surface area (Å²) in [5.41, 5.74) is 2.34. The number of aromatic nitrogens is 3. The van der Waals surface area contributed by atoms with Crippen molar-refractivity contribution < 1.29 is 4.74 Å². The highest BCUT2D eigenvalue weighted by atomic mass is 16.5. The zero-order chi connectivity index (χ0) is 14.3. The third-order valence-electron chi connectivity index (χ3n) is 4.91. The zero-order valence-electron chi connectivity index (χ0n) is 12.1. The van der Waals surface area contributed by atoms with Crippen LogP contribution in [0.25, 0.3) is 11.0 Å². The lowest BCUT2D eigenvalue weighted by Crippen LogP contribution is -2.22. The Kier molecular flexibility index (Phi) is 3.38. The van der Waals surface area contributed by atoms with Gasteiger partial charge in [0.2, 0.25) is 0 Å². The molecule has 0 radical (unpaired) electrons. The van der Waals surface area contributed by atoms with Crippen molar-refractivity contribution in [2.75, 3.05) is 7.11 Å². The van der Waals surface area contributed by atoms with E-state index in [1.54, 1.807) is 7.11 Å². The molecule has 108 valence electrons. The summed E-state index contributed by atoms with van der Waals surface area (Å²) in [6, 6.07) is 0. The van der Waals surface area contributed by atoms with Crippen LogP contribution in [0.3, 0.4) is 0 Å². The lowest BCUT2D eigenvalue weighted by Gasteiger charge is -2.21. The molecule has 4 atom stereocenters. The third kappa shape index (κ3) is 1.88. The number of aromatic amines is 2. The molecule has 1 aliphatic rings. The molecule has 1 fully saturated rings. The fourth-order valence-electron chi connectivity index (χ4n) is 3.78. The minimum atomic E-state index is -0.117. The van der Waals surface area contributed by atoms with Gasteiger partial charge >= 0.3 is 0 Å². The second kappa shape index (κ2) is 5.05. The smallest absolute Gasteiger partial charge is 0.275 e. The Balaban J connectivity index is 2.06. The highest BCUT2D eigenvalue weighted by molar-refractivity contribution is 5.78. The molecule has 0 amide bonds. The zero-order valence-corrected chi connectivity index (χ0v) is 12.1. The van der Waals surface area contributed by atoms with Crippen LogP contribution in [0.15, 0.2) is 17.3 Å². The van der Waals surface area contributed by atoms with E-state index in [2.05, 4.69) is 28.8 Å². The quantitative estimate of drug-likeness (QED) is 0.903. The van der Waals surface area contributed by atoms with Crippen molar-refractivity contribution in [2.45, 2.75) is 38.7 Å². The fraction of sp³-hybridized carbons (Fsp3) is 0.600. The Bertz CT molecular complexity index is 660. The number of nitrogens with one attached hydrogen (secondary N) is 2. The molecule has 5 heteroatoms. The molecule has 5 nitrogen and oxygen atoms in total. The summed E-state index contributed by atoms with van der Waals surface area (Å²) in [4.78, 5) is 21.8. The summed E-state index contributed by atoms with van der Waals surface area (Å²) in [5, 5.41) is 0. The molecular formula is C15H21N3O2. The maximum absolute atomic E-state index is 11.8. The Morgan fingerprint density at radius 1 is 1.45 bits per heavy atom. The van der Waals surface area contributed by atoms with Gasteiger partial charge in [-0.05, 0) is 18.3 Å². The van der Waals surface area contributed by atoms with Crippen LogP contribution in [0, 0.1) is 11.8 Å². The lowest BCUT2D eigenvalue weighted by molar-refractivity contribution is 0.0568. The molecule has 2 heterocycles. The van der Waals surface area contributed by atoms with E-state index in [1.807, 2.05) is 6.20 Å². The van der Waals surface area contributed by atoms with Gasteiger partial charge in [-0.3, -0.25) is 4.79 Å².